The summed E-state index contributed by atoms with van der Waals surface area (Å²) >= 11 is 0. The molecule has 206 valence electrons. The van der Waals surface area contributed by atoms with Crippen molar-refractivity contribution >= 4 is 35.2 Å². The highest BCUT2D eigenvalue weighted by Crippen LogP contribution is 2.38. The van der Waals surface area contributed by atoms with Crippen molar-refractivity contribution in [1.82, 2.24) is 4.57 Å². The van der Waals surface area contributed by atoms with Crippen molar-refractivity contribution < 1.29 is 9.05 Å². The second-order valence-electron chi connectivity index (χ2n) is 12.0. The van der Waals surface area contributed by atoms with Crippen molar-refractivity contribution in [2.24, 2.45) is 7.05 Å². The highest BCUT2D eigenvalue weighted by atomic mass is 35.5. The number of aryl methyl sites for hydroxylation is 2. The summed E-state index contributed by atoms with van der Waals surface area (Å²) in [5.74, 6) is 1.40. The summed E-state index contributed by atoms with van der Waals surface area (Å²) in [6.45, 7) is 5.28. The number of benzene rings is 2. The molecule has 5 rings (SSSR count). The predicted molar refractivity (Wildman–Crippen MR) is 161 cm³/mol. The summed E-state index contributed by atoms with van der Waals surface area (Å²) in [7, 11) is 9.26. The van der Waals surface area contributed by atoms with E-state index in [0.717, 1.165) is 41.1 Å². The number of nitrogens with two attached hydrogens (primary N) is 2. The molecule has 3 heterocycles. The molecule has 38 heavy (non-hydrogen) atoms. The second kappa shape index (κ2) is 11.1. The van der Waals surface area contributed by atoms with E-state index in [2.05, 4.69) is 96.8 Å². The Labute approximate surface area is 234 Å². The Morgan fingerprint density at radius 1 is 0.947 bits per heavy atom. The first kappa shape index (κ1) is 28.1. The molecular formula is C30H46ClN7+2. The van der Waals surface area contributed by atoms with Crippen molar-refractivity contribution in [2.75, 3.05) is 55.5 Å². The molecule has 2 fully saturated rings. The molecule has 0 radical (unpaired) electrons. The first-order valence-electron chi connectivity index (χ1n) is 13.7. The highest BCUT2D eigenvalue weighted by molar-refractivity contribution is 5.85. The fourth-order valence-corrected chi connectivity index (χ4v) is 6.64. The van der Waals surface area contributed by atoms with Gasteiger partial charge in [-0.3, -0.25) is 0 Å². The van der Waals surface area contributed by atoms with E-state index in [1.165, 1.54) is 42.9 Å². The van der Waals surface area contributed by atoms with E-state index >= 15 is 0 Å². The summed E-state index contributed by atoms with van der Waals surface area (Å²) in [6.07, 6.45) is 9.38. The van der Waals surface area contributed by atoms with Gasteiger partial charge in [0, 0.05) is 35.8 Å². The predicted octanol–water partition coefficient (Wildman–Crippen LogP) is 4.29. The molecular weight excluding hydrogens is 494 g/mol. The summed E-state index contributed by atoms with van der Waals surface area (Å²) in [6, 6.07) is 16.1. The molecule has 0 saturated carbocycles. The first-order chi connectivity index (χ1) is 17.6. The largest absolute Gasteiger partial charge is 0.399 e. The van der Waals surface area contributed by atoms with Gasteiger partial charge in [0.2, 0.25) is 6.04 Å². The van der Waals surface area contributed by atoms with E-state index in [9.17, 15) is 0 Å². The van der Waals surface area contributed by atoms with E-state index in [1.54, 1.807) is 0 Å². The van der Waals surface area contributed by atoms with E-state index < -0.39 is 0 Å². The lowest BCUT2D eigenvalue weighted by Crippen LogP contribution is -2.54. The maximum atomic E-state index is 6.13. The van der Waals surface area contributed by atoms with Crippen LogP contribution in [0.2, 0.25) is 0 Å². The molecule has 8 heteroatoms. The third-order valence-electron chi connectivity index (χ3n) is 8.48. The molecule has 4 N–H and O–H groups in total. The van der Waals surface area contributed by atoms with Crippen LogP contribution < -0.4 is 25.8 Å². The van der Waals surface area contributed by atoms with Crippen LogP contribution in [0.3, 0.4) is 0 Å². The average Bonchev–Trinajstić information content (AvgIpc) is 3.58. The van der Waals surface area contributed by atoms with Crippen LogP contribution in [0.15, 0.2) is 54.9 Å². The topological polar surface area (TPSA) is 67.3 Å². The van der Waals surface area contributed by atoms with Crippen molar-refractivity contribution in [3.05, 3.63) is 66.2 Å². The molecule has 2 saturated heterocycles. The number of nitrogen functional groups attached to an aromatic ring is 2. The SMILES string of the molecule is Cc1cc(N2CCCC2Cn2cc[n+](C)c2C(C2CCCN2c2ccc(N)cc2)[N+](C)(C)C)ccc1N.Cl. The standard InChI is InChI=1S/C30H45N7.ClH/c1-22-20-25(14-15-27(22)32)35-16-6-8-26(35)21-34-19-18-33(2)30(34)29(37(3,4)5)28-9-7-17-36(28)24-12-10-23(31)11-13-24;/h10-15,18-20,26,28-29H,6-9,16-17,21,31-32H2,1-5H3;1H/q+2;. The quantitative estimate of drug-likeness (QED) is 0.267. The van der Waals surface area contributed by atoms with Crippen LogP contribution in [0.5, 0.6) is 0 Å². The Hall–Kier alpha value is -2.90. The van der Waals surface area contributed by atoms with Crippen LogP contribution in [0.4, 0.5) is 22.7 Å². The van der Waals surface area contributed by atoms with Gasteiger partial charge in [-0.15, -0.1) is 12.4 Å². The smallest absolute Gasteiger partial charge is 0.318 e. The number of imidazole rings is 1. The Bertz CT molecular complexity index is 1230. The summed E-state index contributed by atoms with van der Waals surface area (Å²) in [4.78, 5) is 5.21. The lowest BCUT2D eigenvalue weighted by Gasteiger charge is -2.40. The van der Waals surface area contributed by atoms with E-state index in [0.29, 0.717) is 18.1 Å². The molecule has 0 amide bonds. The number of nitrogens with zero attached hydrogens (tertiary/aromatic N) is 5. The lowest BCUT2D eigenvalue weighted by molar-refractivity contribution is -0.914. The zero-order valence-corrected chi connectivity index (χ0v) is 24.5. The monoisotopic (exact) mass is 539 g/mol. The molecule has 3 atom stereocenters. The highest BCUT2D eigenvalue weighted by Gasteiger charge is 2.47. The maximum absolute atomic E-state index is 6.13. The van der Waals surface area contributed by atoms with Gasteiger partial charge in [0.1, 0.15) is 18.9 Å². The number of aromatic nitrogens is 2. The van der Waals surface area contributed by atoms with Crippen LogP contribution in [-0.4, -0.2) is 55.4 Å². The minimum absolute atomic E-state index is 0. The van der Waals surface area contributed by atoms with Gasteiger partial charge < -0.3 is 25.8 Å². The number of hydrogen-bond donors (Lipinski definition) is 2. The molecule has 7 nitrogen and oxygen atoms in total. The Morgan fingerprint density at radius 3 is 2.29 bits per heavy atom. The molecule has 1 aromatic heterocycles. The molecule has 0 bridgehead atoms. The normalized spacial score (nSPS) is 20.6. The summed E-state index contributed by atoms with van der Waals surface area (Å²) < 4.78 is 5.78. The fourth-order valence-electron chi connectivity index (χ4n) is 6.64. The zero-order chi connectivity index (χ0) is 26.3. The minimum atomic E-state index is 0. The third kappa shape index (κ3) is 5.45. The third-order valence-corrected chi connectivity index (χ3v) is 8.48. The van der Waals surface area contributed by atoms with Gasteiger partial charge in [-0.05, 0) is 80.6 Å². The van der Waals surface area contributed by atoms with Crippen LogP contribution in [-0.2, 0) is 13.6 Å². The van der Waals surface area contributed by atoms with Crippen molar-refractivity contribution in [1.29, 1.82) is 0 Å². The summed E-state index contributed by atoms with van der Waals surface area (Å²) in [5.41, 5.74) is 17.6. The minimum Gasteiger partial charge on any atom is -0.399 e. The van der Waals surface area contributed by atoms with Gasteiger partial charge in [-0.25, -0.2) is 9.13 Å². The molecule has 3 aromatic rings. The van der Waals surface area contributed by atoms with E-state index in [1.807, 2.05) is 12.1 Å². The Morgan fingerprint density at radius 2 is 1.61 bits per heavy atom. The molecule has 2 aliphatic heterocycles. The molecule has 2 aromatic carbocycles. The second-order valence-corrected chi connectivity index (χ2v) is 12.0. The number of rotatable bonds is 7. The molecule has 0 spiro atoms. The van der Waals surface area contributed by atoms with Crippen molar-refractivity contribution in [2.45, 2.75) is 57.3 Å². The van der Waals surface area contributed by atoms with Gasteiger partial charge >= 0.3 is 5.82 Å². The van der Waals surface area contributed by atoms with Gasteiger partial charge in [-0.2, -0.15) is 0 Å². The Kier molecular flexibility index (Phi) is 8.19. The zero-order valence-electron chi connectivity index (χ0n) is 23.7. The maximum Gasteiger partial charge on any atom is 0.318 e. The molecule has 2 aliphatic rings. The van der Waals surface area contributed by atoms with E-state index in [4.69, 9.17) is 11.5 Å². The van der Waals surface area contributed by atoms with Gasteiger partial charge in [0.05, 0.1) is 40.3 Å². The van der Waals surface area contributed by atoms with Gasteiger partial charge in [0.15, 0.2) is 0 Å². The van der Waals surface area contributed by atoms with Crippen LogP contribution in [0.1, 0.15) is 43.1 Å². The molecule has 0 aliphatic carbocycles. The Balaban J connectivity index is 0.00000336. The number of likely N-dealkylation sites (N-methyl/N-ethyl adjacent to an activating group) is 1. The van der Waals surface area contributed by atoms with Crippen LogP contribution >= 0.6 is 12.4 Å². The van der Waals surface area contributed by atoms with Crippen LogP contribution in [0, 0.1) is 6.92 Å². The summed E-state index contributed by atoms with van der Waals surface area (Å²) in [5, 5.41) is 0. The number of quaternary nitrogens is 1. The fraction of sp³-hybridized carbons (Fsp3) is 0.500. The lowest BCUT2D eigenvalue weighted by atomic mass is 10.0. The number of halogens is 1. The number of hydrogen-bond acceptors (Lipinski definition) is 4. The van der Waals surface area contributed by atoms with E-state index in [-0.39, 0.29) is 12.4 Å². The van der Waals surface area contributed by atoms with Gasteiger partial charge in [-0.1, -0.05) is 0 Å². The van der Waals surface area contributed by atoms with Gasteiger partial charge in [0.25, 0.3) is 0 Å². The van der Waals surface area contributed by atoms with Crippen LogP contribution in [0.25, 0.3) is 0 Å². The van der Waals surface area contributed by atoms with Crippen molar-refractivity contribution in [3.63, 3.8) is 0 Å². The van der Waals surface area contributed by atoms with Crippen molar-refractivity contribution in [3.8, 4) is 0 Å². The average molecular weight is 540 g/mol. The first-order valence-corrected chi connectivity index (χ1v) is 13.7. The molecule has 3 unspecified atom stereocenters. The number of anilines is 4.